The quantitative estimate of drug-likeness (QED) is 0.689. The molecule has 0 spiro atoms. The van der Waals surface area contributed by atoms with E-state index in [-0.39, 0.29) is 17.5 Å². The largest absolute Gasteiger partial charge is 0.508 e. The molecule has 1 atom stereocenters. The summed E-state index contributed by atoms with van der Waals surface area (Å²) in [5, 5.41) is 23.4. The molecule has 1 unspecified atom stereocenters. The van der Waals surface area contributed by atoms with Gasteiger partial charge in [-0.15, -0.1) is 11.3 Å². The van der Waals surface area contributed by atoms with Crippen LogP contribution in [0.1, 0.15) is 23.5 Å². The van der Waals surface area contributed by atoms with Crippen molar-refractivity contribution in [2.24, 2.45) is 0 Å². The molecule has 3 aromatic rings. The van der Waals surface area contributed by atoms with E-state index in [1.807, 2.05) is 25.1 Å². The predicted octanol–water partition coefficient (Wildman–Crippen LogP) is 3.56. The van der Waals surface area contributed by atoms with Gasteiger partial charge in [-0.3, -0.25) is 0 Å². The van der Waals surface area contributed by atoms with Gasteiger partial charge >= 0.3 is 0 Å². The lowest BCUT2D eigenvalue weighted by Gasteiger charge is -2.13. The SMILES string of the molecule is CC(NCc1nc2ccccc2s1)c1cc(O)cc(O)c1. The second-order valence-electron chi connectivity index (χ2n) is 4.96. The van der Waals surface area contributed by atoms with Gasteiger partial charge in [0.15, 0.2) is 0 Å². The Morgan fingerprint density at radius 2 is 1.86 bits per heavy atom. The van der Waals surface area contributed by atoms with Crippen molar-refractivity contribution in [1.29, 1.82) is 0 Å². The van der Waals surface area contributed by atoms with Crippen molar-refractivity contribution in [3.8, 4) is 11.5 Å². The van der Waals surface area contributed by atoms with E-state index in [9.17, 15) is 10.2 Å². The molecule has 0 radical (unpaired) electrons. The van der Waals surface area contributed by atoms with Crippen molar-refractivity contribution in [1.82, 2.24) is 10.3 Å². The van der Waals surface area contributed by atoms with Gasteiger partial charge in [0.05, 0.1) is 10.2 Å². The van der Waals surface area contributed by atoms with E-state index in [0.717, 1.165) is 16.1 Å². The van der Waals surface area contributed by atoms with Crippen molar-refractivity contribution in [3.63, 3.8) is 0 Å². The van der Waals surface area contributed by atoms with Crippen LogP contribution in [0.2, 0.25) is 0 Å². The molecule has 0 aliphatic carbocycles. The van der Waals surface area contributed by atoms with Crippen molar-refractivity contribution in [2.45, 2.75) is 19.5 Å². The summed E-state index contributed by atoms with van der Waals surface area (Å²) < 4.78 is 1.18. The van der Waals surface area contributed by atoms with Gasteiger partial charge < -0.3 is 15.5 Å². The minimum atomic E-state index is 0.00927. The number of rotatable bonds is 4. The Balaban J connectivity index is 1.71. The first-order valence-electron chi connectivity index (χ1n) is 6.72. The van der Waals surface area contributed by atoms with Gasteiger partial charge in [-0.05, 0) is 36.8 Å². The molecule has 0 saturated heterocycles. The van der Waals surface area contributed by atoms with Crippen LogP contribution in [0.25, 0.3) is 10.2 Å². The summed E-state index contributed by atoms with van der Waals surface area (Å²) >= 11 is 1.67. The topological polar surface area (TPSA) is 65.4 Å². The summed E-state index contributed by atoms with van der Waals surface area (Å²) in [6, 6.07) is 12.7. The highest BCUT2D eigenvalue weighted by atomic mass is 32.1. The lowest BCUT2D eigenvalue weighted by molar-refractivity contribution is 0.446. The lowest BCUT2D eigenvalue weighted by atomic mass is 10.1. The second-order valence-corrected chi connectivity index (χ2v) is 6.08. The van der Waals surface area contributed by atoms with Gasteiger partial charge in [0.2, 0.25) is 0 Å². The number of phenols is 2. The van der Waals surface area contributed by atoms with Crippen molar-refractivity contribution in [3.05, 3.63) is 53.0 Å². The molecule has 108 valence electrons. The summed E-state index contributed by atoms with van der Waals surface area (Å²) in [7, 11) is 0. The molecule has 2 aromatic carbocycles. The first-order valence-corrected chi connectivity index (χ1v) is 7.54. The average Bonchev–Trinajstić information content (AvgIpc) is 2.86. The highest BCUT2D eigenvalue weighted by Gasteiger charge is 2.09. The van der Waals surface area contributed by atoms with Crippen molar-refractivity contribution < 1.29 is 10.2 Å². The highest BCUT2D eigenvalue weighted by Crippen LogP contribution is 2.26. The van der Waals surface area contributed by atoms with E-state index in [0.29, 0.717) is 6.54 Å². The van der Waals surface area contributed by atoms with E-state index in [4.69, 9.17) is 0 Å². The van der Waals surface area contributed by atoms with Crippen LogP contribution < -0.4 is 5.32 Å². The fourth-order valence-electron chi connectivity index (χ4n) is 2.22. The maximum atomic E-state index is 9.53. The van der Waals surface area contributed by atoms with E-state index >= 15 is 0 Å². The first-order chi connectivity index (χ1) is 10.1. The van der Waals surface area contributed by atoms with Gasteiger partial charge in [0.1, 0.15) is 16.5 Å². The van der Waals surface area contributed by atoms with E-state index < -0.39 is 0 Å². The molecule has 1 heterocycles. The molecule has 3 rings (SSSR count). The Kier molecular flexibility index (Phi) is 3.77. The van der Waals surface area contributed by atoms with Crippen LogP contribution in [0, 0.1) is 0 Å². The van der Waals surface area contributed by atoms with E-state index in [1.165, 1.54) is 10.8 Å². The fraction of sp³-hybridized carbons (Fsp3) is 0.188. The zero-order valence-corrected chi connectivity index (χ0v) is 12.4. The number of phenolic OH excluding ortho intramolecular Hbond substituents is 2. The zero-order valence-electron chi connectivity index (χ0n) is 11.6. The molecular weight excluding hydrogens is 284 g/mol. The Morgan fingerprint density at radius 3 is 2.57 bits per heavy atom. The first kappa shape index (κ1) is 13.9. The molecule has 0 bridgehead atoms. The molecule has 4 nitrogen and oxygen atoms in total. The molecule has 0 amide bonds. The molecule has 0 fully saturated rings. The normalized spacial score (nSPS) is 12.6. The van der Waals surface area contributed by atoms with Crippen LogP contribution >= 0.6 is 11.3 Å². The number of aromatic nitrogens is 1. The van der Waals surface area contributed by atoms with Gasteiger partial charge in [-0.1, -0.05) is 12.1 Å². The number of nitrogens with one attached hydrogen (secondary N) is 1. The number of thiazole rings is 1. The number of hydrogen-bond acceptors (Lipinski definition) is 5. The Bertz CT molecular complexity index is 717. The Morgan fingerprint density at radius 1 is 1.14 bits per heavy atom. The summed E-state index contributed by atoms with van der Waals surface area (Å²) in [5.74, 6) is 0.136. The Hall–Kier alpha value is -2.11. The number of para-hydroxylation sites is 1. The number of fused-ring (bicyclic) bond motifs is 1. The van der Waals surface area contributed by atoms with Crippen LogP contribution in [-0.2, 0) is 6.54 Å². The van der Waals surface area contributed by atoms with Gasteiger partial charge in [0.25, 0.3) is 0 Å². The van der Waals surface area contributed by atoms with Crippen LogP contribution in [0.5, 0.6) is 11.5 Å². The molecule has 0 saturated carbocycles. The van der Waals surface area contributed by atoms with Crippen LogP contribution in [-0.4, -0.2) is 15.2 Å². The smallest absolute Gasteiger partial charge is 0.119 e. The number of aromatic hydroxyl groups is 2. The number of hydrogen-bond donors (Lipinski definition) is 3. The van der Waals surface area contributed by atoms with Gasteiger partial charge in [-0.2, -0.15) is 0 Å². The Labute approximate surface area is 126 Å². The maximum Gasteiger partial charge on any atom is 0.119 e. The number of nitrogens with zero attached hydrogens (tertiary/aromatic N) is 1. The summed E-state index contributed by atoms with van der Waals surface area (Å²) in [6.07, 6.45) is 0. The van der Waals surface area contributed by atoms with E-state index in [1.54, 1.807) is 23.5 Å². The van der Waals surface area contributed by atoms with E-state index in [2.05, 4.69) is 16.4 Å². The van der Waals surface area contributed by atoms with Gasteiger partial charge in [0, 0.05) is 18.7 Å². The predicted molar refractivity (Wildman–Crippen MR) is 84.6 cm³/mol. The molecule has 1 aromatic heterocycles. The maximum absolute atomic E-state index is 9.53. The molecule has 5 heteroatoms. The monoisotopic (exact) mass is 300 g/mol. The molecule has 21 heavy (non-hydrogen) atoms. The summed E-state index contributed by atoms with van der Waals surface area (Å²) in [6.45, 7) is 2.64. The zero-order chi connectivity index (χ0) is 14.8. The minimum Gasteiger partial charge on any atom is -0.508 e. The fourth-order valence-corrected chi connectivity index (χ4v) is 3.14. The third kappa shape index (κ3) is 3.15. The van der Waals surface area contributed by atoms with Crippen LogP contribution in [0.4, 0.5) is 0 Å². The van der Waals surface area contributed by atoms with Crippen molar-refractivity contribution in [2.75, 3.05) is 0 Å². The second kappa shape index (κ2) is 5.71. The average molecular weight is 300 g/mol. The summed E-state index contributed by atoms with van der Waals surface area (Å²) in [5.41, 5.74) is 1.86. The molecular formula is C16H16N2O2S. The molecule has 3 N–H and O–H groups in total. The van der Waals surface area contributed by atoms with Crippen LogP contribution in [0.3, 0.4) is 0 Å². The van der Waals surface area contributed by atoms with Gasteiger partial charge in [-0.25, -0.2) is 4.98 Å². The standard InChI is InChI=1S/C16H16N2O2S/c1-10(11-6-12(19)8-13(20)7-11)17-9-16-18-14-4-2-3-5-15(14)21-16/h2-8,10,17,19-20H,9H2,1H3. The minimum absolute atomic E-state index is 0.00927. The third-order valence-electron chi connectivity index (χ3n) is 3.32. The van der Waals surface area contributed by atoms with Crippen molar-refractivity contribution >= 4 is 21.6 Å². The molecule has 0 aliphatic rings. The lowest BCUT2D eigenvalue weighted by Crippen LogP contribution is -2.17. The van der Waals surface area contributed by atoms with Crippen LogP contribution in [0.15, 0.2) is 42.5 Å². The third-order valence-corrected chi connectivity index (χ3v) is 4.36. The number of benzene rings is 2. The highest BCUT2D eigenvalue weighted by molar-refractivity contribution is 7.18. The summed E-state index contributed by atoms with van der Waals surface area (Å²) in [4.78, 5) is 4.57. The molecule has 0 aliphatic heterocycles.